The second kappa shape index (κ2) is 7.11. The van der Waals surface area contributed by atoms with Gasteiger partial charge < -0.3 is 9.84 Å². The van der Waals surface area contributed by atoms with Crippen LogP contribution in [-0.2, 0) is 10.0 Å². The van der Waals surface area contributed by atoms with Crippen LogP contribution in [0, 0.1) is 6.92 Å². The third-order valence-electron chi connectivity index (χ3n) is 4.38. The molecule has 0 bridgehead atoms. The number of nitrogens with one attached hydrogen (secondary N) is 1. The van der Waals surface area contributed by atoms with Gasteiger partial charge in [0, 0.05) is 18.2 Å². The van der Waals surface area contributed by atoms with E-state index < -0.39 is 10.0 Å². The normalized spacial score (nSPS) is 16.7. The molecule has 0 radical (unpaired) electrons. The molecule has 140 valence electrons. The maximum Gasteiger partial charge on any atom is 0.261 e. The molecule has 0 unspecified atom stereocenters. The summed E-state index contributed by atoms with van der Waals surface area (Å²) in [6, 6.07) is 6.89. The molecule has 1 N–H and O–H groups in total. The number of carbonyl (C=O) groups excluding carboxylic acids is 1. The molecule has 1 aromatic carbocycles. The Hall–Kier alpha value is -2.35. The van der Waals surface area contributed by atoms with Gasteiger partial charge in [0.05, 0.1) is 17.1 Å². The minimum absolute atomic E-state index is 0.0294. The van der Waals surface area contributed by atoms with E-state index in [1.165, 1.54) is 4.31 Å². The number of rotatable bonds is 4. The van der Waals surface area contributed by atoms with Gasteiger partial charge in [-0.2, -0.15) is 0 Å². The van der Waals surface area contributed by atoms with E-state index in [1.54, 1.807) is 31.2 Å². The fraction of sp³-hybridized carbons (Fsp3) is 0.444. The second-order valence-electron chi connectivity index (χ2n) is 6.76. The lowest BCUT2D eigenvalue weighted by Gasteiger charge is -2.28. The molecule has 0 atom stereocenters. The number of hydrogen-bond donors (Lipinski definition) is 1. The minimum Gasteiger partial charge on any atom is -0.360 e. The number of carbonyl (C=O) groups is 1. The number of anilines is 2. The van der Waals surface area contributed by atoms with Gasteiger partial charge in [0.15, 0.2) is 5.76 Å². The highest BCUT2D eigenvalue weighted by molar-refractivity contribution is 7.92. The summed E-state index contributed by atoms with van der Waals surface area (Å²) < 4.78 is 31.2. The average Bonchev–Trinajstić information content (AvgIpc) is 2.96. The molecule has 1 aliphatic rings. The zero-order chi connectivity index (χ0) is 18.9. The lowest BCUT2D eigenvalue weighted by molar-refractivity contribution is 0.102. The Kier molecular flexibility index (Phi) is 5.04. The SMILES string of the molecule is Cc1noc(C(C)C)c1C(=O)Nc1cccc(N2CCCCS2(=O)=O)c1. The van der Waals surface area contributed by atoms with Crippen molar-refractivity contribution < 1.29 is 17.7 Å². The van der Waals surface area contributed by atoms with Gasteiger partial charge in [-0.25, -0.2) is 8.42 Å². The quantitative estimate of drug-likeness (QED) is 0.882. The molecule has 0 saturated carbocycles. The molecule has 1 aromatic heterocycles. The Bertz CT molecular complexity index is 918. The third kappa shape index (κ3) is 3.60. The van der Waals surface area contributed by atoms with Crippen molar-refractivity contribution in [3.05, 3.63) is 41.3 Å². The minimum atomic E-state index is -3.29. The second-order valence-corrected chi connectivity index (χ2v) is 8.77. The summed E-state index contributed by atoms with van der Waals surface area (Å²) in [4.78, 5) is 12.7. The lowest BCUT2D eigenvalue weighted by Crippen LogP contribution is -2.37. The van der Waals surface area contributed by atoms with E-state index in [0.717, 1.165) is 6.42 Å². The first-order valence-electron chi connectivity index (χ1n) is 8.67. The van der Waals surface area contributed by atoms with Crippen molar-refractivity contribution in [2.45, 2.75) is 39.5 Å². The summed E-state index contributed by atoms with van der Waals surface area (Å²) in [7, 11) is -3.29. The highest BCUT2D eigenvalue weighted by atomic mass is 32.2. The molecular weight excluding hydrogens is 354 g/mol. The zero-order valence-electron chi connectivity index (χ0n) is 15.2. The number of sulfonamides is 1. The van der Waals surface area contributed by atoms with Crippen molar-refractivity contribution in [2.75, 3.05) is 21.9 Å². The van der Waals surface area contributed by atoms with Gasteiger partial charge in [-0.1, -0.05) is 25.1 Å². The molecule has 3 rings (SSSR count). The maximum atomic E-state index is 12.7. The Morgan fingerprint density at radius 2 is 2.08 bits per heavy atom. The van der Waals surface area contributed by atoms with Crippen molar-refractivity contribution >= 4 is 27.3 Å². The molecule has 26 heavy (non-hydrogen) atoms. The highest BCUT2D eigenvalue weighted by Crippen LogP contribution is 2.27. The smallest absolute Gasteiger partial charge is 0.261 e. The van der Waals surface area contributed by atoms with E-state index >= 15 is 0 Å². The first-order chi connectivity index (χ1) is 12.3. The fourth-order valence-electron chi connectivity index (χ4n) is 3.07. The molecule has 7 nitrogen and oxygen atoms in total. The number of amides is 1. The van der Waals surface area contributed by atoms with Crippen LogP contribution in [0.4, 0.5) is 11.4 Å². The van der Waals surface area contributed by atoms with E-state index in [-0.39, 0.29) is 17.6 Å². The number of nitrogens with zero attached hydrogens (tertiary/aromatic N) is 2. The van der Waals surface area contributed by atoms with Crippen molar-refractivity contribution in [1.29, 1.82) is 0 Å². The molecule has 0 aliphatic carbocycles. The summed E-state index contributed by atoms with van der Waals surface area (Å²) in [5.41, 5.74) is 2.05. The Morgan fingerprint density at radius 3 is 2.77 bits per heavy atom. The van der Waals surface area contributed by atoms with Crippen molar-refractivity contribution in [2.24, 2.45) is 0 Å². The van der Waals surface area contributed by atoms with Gasteiger partial charge in [-0.3, -0.25) is 9.10 Å². The van der Waals surface area contributed by atoms with E-state index in [4.69, 9.17) is 4.52 Å². The van der Waals surface area contributed by atoms with E-state index in [9.17, 15) is 13.2 Å². The van der Waals surface area contributed by atoms with Gasteiger partial charge in [-0.05, 0) is 38.0 Å². The van der Waals surface area contributed by atoms with Crippen LogP contribution in [0.2, 0.25) is 0 Å². The Morgan fingerprint density at radius 1 is 1.31 bits per heavy atom. The van der Waals surface area contributed by atoms with Crippen LogP contribution in [0.15, 0.2) is 28.8 Å². The third-order valence-corrected chi connectivity index (χ3v) is 6.25. The number of hydrogen-bond acceptors (Lipinski definition) is 5. The largest absolute Gasteiger partial charge is 0.360 e. The zero-order valence-corrected chi connectivity index (χ0v) is 16.0. The molecule has 1 saturated heterocycles. The van der Waals surface area contributed by atoms with Crippen LogP contribution in [0.25, 0.3) is 0 Å². The molecule has 1 aliphatic heterocycles. The lowest BCUT2D eigenvalue weighted by atomic mass is 10.0. The first-order valence-corrected chi connectivity index (χ1v) is 10.3. The Balaban J connectivity index is 1.86. The number of aromatic nitrogens is 1. The number of aryl methyl sites for hydroxylation is 1. The predicted octanol–water partition coefficient (Wildman–Crippen LogP) is 3.29. The summed E-state index contributed by atoms with van der Waals surface area (Å²) in [5, 5.41) is 6.71. The number of benzene rings is 1. The van der Waals surface area contributed by atoms with Gasteiger partial charge >= 0.3 is 0 Å². The average molecular weight is 377 g/mol. The van der Waals surface area contributed by atoms with Crippen LogP contribution >= 0.6 is 0 Å². The topological polar surface area (TPSA) is 92.5 Å². The van der Waals surface area contributed by atoms with Gasteiger partial charge in [0.2, 0.25) is 10.0 Å². The van der Waals surface area contributed by atoms with Gasteiger partial charge in [0.25, 0.3) is 5.91 Å². The van der Waals surface area contributed by atoms with E-state index in [1.807, 2.05) is 13.8 Å². The molecular formula is C18H23N3O4S. The monoisotopic (exact) mass is 377 g/mol. The van der Waals surface area contributed by atoms with Crippen LogP contribution in [0.3, 0.4) is 0 Å². The summed E-state index contributed by atoms with van der Waals surface area (Å²) in [5.74, 6) is 0.406. The maximum absolute atomic E-state index is 12.7. The molecule has 2 heterocycles. The van der Waals surface area contributed by atoms with Crippen LogP contribution in [0.5, 0.6) is 0 Å². The van der Waals surface area contributed by atoms with E-state index in [2.05, 4.69) is 10.5 Å². The predicted molar refractivity (Wildman–Crippen MR) is 100 cm³/mol. The Labute approximate surface area is 153 Å². The van der Waals surface area contributed by atoms with Crippen LogP contribution in [0.1, 0.15) is 54.4 Å². The van der Waals surface area contributed by atoms with Gasteiger partial charge in [-0.15, -0.1) is 0 Å². The molecule has 1 fully saturated rings. The van der Waals surface area contributed by atoms with Crippen LogP contribution in [-0.4, -0.2) is 31.8 Å². The van der Waals surface area contributed by atoms with Crippen molar-refractivity contribution in [1.82, 2.24) is 5.16 Å². The summed E-state index contributed by atoms with van der Waals surface area (Å²) in [6.07, 6.45) is 1.51. The first kappa shape index (κ1) is 18.4. The standard InChI is InChI=1S/C18H23N3O4S/c1-12(2)17-16(13(3)20-25-17)18(22)19-14-7-6-8-15(11-14)21-9-4-5-10-26(21,23)24/h6-8,11-12H,4-5,9-10H2,1-3H3,(H,19,22). The molecule has 1 amide bonds. The van der Waals surface area contributed by atoms with Crippen molar-refractivity contribution in [3.63, 3.8) is 0 Å². The molecule has 2 aromatic rings. The fourth-order valence-corrected chi connectivity index (χ4v) is 4.70. The van der Waals surface area contributed by atoms with E-state index in [0.29, 0.717) is 41.4 Å². The molecule has 0 spiro atoms. The van der Waals surface area contributed by atoms with Gasteiger partial charge in [0.1, 0.15) is 5.56 Å². The summed E-state index contributed by atoms with van der Waals surface area (Å²) >= 11 is 0. The summed E-state index contributed by atoms with van der Waals surface area (Å²) in [6.45, 7) is 6.04. The highest BCUT2D eigenvalue weighted by Gasteiger charge is 2.27. The van der Waals surface area contributed by atoms with Crippen molar-refractivity contribution in [3.8, 4) is 0 Å². The van der Waals surface area contributed by atoms with Crippen LogP contribution < -0.4 is 9.62 Å². The molecule has 8 heteroatoms.